The molecule has 3 nitrogen and oxygen atoms in total. The molecule has 83 valence electrons. The van der Waals surface area contributed by atoms with Gasteiger partial charge in [0, 0.05) is 0 Å². The minimum Gasteiger partial charge on any atom is -0.854 e. The van der Waals surface area contributed by atoms with Gasteiger partial charge >= 0.3 is 19.5 Å². The third-order valence-corrected chi connectivity index (χ3v) is 0.612. The molecule has 1 radical (unpaired) electrons. The summed E-state index contributed by atoms with van der Waals surface area (Å²) in [7, 11) is 0. The molecule has 0 aromatic rings. The second kappa shape index (κ2) is 39.1. The van der Waals surface area contributed by atoms with E-state index in [-0.39, 0.29) is 39.3 Å². The Labute approximate surface area is 94.9 Å². The molecule has 0 aliphatic carbocycles. The van der Waals surface area contributed by atoms with Crippen LogP contribution in [0.1, 0.15) is 40.0 Å². The normalized spacial score (nSPS) is 6.92. The van der Waals surface area contributed by atoms with Crippen molar-refractivity contribution in [2.75, 3.05) is 19.8 Å². The zero-order chi connectivity index (χ0) is 10.2. The summed E-state index contributed by atoms with van der Waals surface area (Å²) in [5.74, 6) is 0. The molecule has 0 atom stereocenters. The van der Waals surface area contributed by atoms with Crippen molar-refractivity contribution in [2.45, 2.75) is 40.0 Å². The van der Waals surface area contributed by atoms with Crippen LogP contribution >= 0.6 is 0 Å². The van der Waals surface area contributed by atoms with E-state index >= 15 is 0 Å². The van der Waals surface area contributed by atoms with Crippen molar-refractivity contribution in [2.24, 2.45) is 0 Å². The SMILES string of the molecule is CCC[O-].CCC[O-].CCC[O-].[Ru+3]. The molecule has 4 heteroatoms. The molecular formula is C9H21O3Ru. The van der Waals surface area contributed by atoms with Crippen LogP contribution in [0.3, 0.4) is 0 Å². The molecular weight excluding hydrogens is 257 g/mol. The first-order valence-electron chi connectivity index (χ1n) is 4.49. The Morgan fingerprint density at radius 2 is 0.692 bits per heavy atom. The first-order valence-corrected chi connectivity index (χ1v) is 4.49. The third-order valence-electron chi connectivity index (χ3n) is 0.612. The Kier molecular flexibility index (Phi) is 70.3. The molecule has 0 bridgehead atoms. The molecule has 0 heterocycles. The molecule has 0 rings (SSSR count). The van der Waals surface area contributed by atoms with Crippen molar-refractivity contribution < 1.29 is 34.8 Å². The van der Waals surface area contributed by atoms with E-state index in [2.05, 4.69) is 0 Å². The Bertz CT molecular complexity index is 30.3. The van der Waals surface area contributed by atoms with Crippen LogP contribution in [-0.2, 0) is 19.5 Å². The maximum absolute atomic E-state index is 9.30. The van der Waals surface area contributed by atoms with Gasteiger partial charge < -0.3 is 15.3 Å². The summed E-state index contributed by atoms with van der Waals surface area (Å²) in [5.41, 5.74) is 0. The number of hydrogen-bond acceptors (Lipinski definition) is 3. The Morgan fingerprint density at radius 1 is 0.615 bits per heavy atom. The molecule has 0 aromatic heterocycles. The van der Waals surface area contributed by atoms with E-state index in [0.717, 1.165) is 19.3 Å². The van der Waals surface area contributed by atoms with Gasteiger partial charge in [-0.25, -0.2) is 0 Å². The monoisotopic (exact) mass is 279 g/mol. The first-order chi connectivity index (χ1) is 5.74. The molecule has 0 saturated carbocycles. The van der Waals surface area contributed by atoms with Crippen LogP contribution in [0.5, 0.6) is 0 Å². The average Bonchev–Trinajstić information content (AvgIpc) is 2.18. The molecule has 0 saturated heterocycles. The quantitative estimate of drug-likeness (QED) is 0.639. The maximum atomic E-state index is 9.30. The van der Waals surface area contributed by atoms with Gasteiger partial charge in [-0.1, -0.05) is 40.0 Å². The van der Waals surface area contributed by atoms with Crippen LogP contribution < -0.4 is 15.3 Å². The standard InChI is InChI=1S/3C3H7O.Ru/c3*1-2-3-4;/h3*2-3H2,1H3;/q3*-1;+3. The van der Waals surface area contributed by atoms with Gasteiger partial charge in [0.15, 0.2) is 0 Å². The van der Waals surface area contributed by atoms with E-state index in [1.807, 2.05) is 20.8 Å². The van der Waals surface area contributed by atoms with Gasteiger partial charge in [-0.2, -0.15) is 0 Å². The van der Waals surface area contributed by atoms with Crippen molar-refractivity contribution >= 4 is 0 Å². The molecule has 0 amide bonds. The van der Waals surface area contributed by atoms with Crippen molar-refractivity contribution in [3.05, 3.63) is 0 Å². The second-order valence-electron chi connectivity index (χ2n) is 2.11. The Morgan fingerprint density at radius 3 is 0.692 bits per heavy atom. The largest absolute Gasteiger partial charge is 3.00 e. The van der Waals surface area contributed by atoms with Crippen LogP contribution in [0, 0.1) is 0 Å². The molecule has 0 unspecified atom stereocenters. The number of hydrogen-bond donors (Lipinski definition) is 0. The van der Waals surface area contributed by atoms with Gasteiger partial charge in [0.25, 0.3) is 0 Å². The van der Waals surface area contributed by atoms with Crippen LogP contribution in [0.25, 0.3) is 0 Å². The summed E-state index contributed by atoms with van der Waals surface area (Å²) in [4.78, 5) is 0. The fourth-order valence-corrected chi connectivity index (χ4v) is 0. The minimum absolute atomic E-state index is 0. The van der Waals surface area contributed by atoms with Crippen LogP contribution in [-0.4, -0.2) is 19.8 Å². The summed E-state index contributed by atoms with van der Waals surface area (Å²) in [5, 5.41) is 27.9. The van der Waals surface area contributed by atoms with E-state index in [0.29, 0.717) is 0 Å². The van der Waals surface area contributed by atoms with E-state index in [9.17, 15) is 15.3 Å². The van der Waals surface area contributed by atoms with Gasteiger partial charge in [-0.05, 0) is 0 Å². The van der Waals surface area contributed by atoms with E-state index < -0.39 is 0 Å². The average molecular weight is 278 g/mol. The van der Waals surface area contributed by atoms with E-state index in [1.165, 1.54) is 0 Å². The predicted molar refractivity (Wildman–Crippen MR) is 45.5 cm³/mol. The van der Waals surface area contributed by atoms with Gasteiger partial charge in [0.05, 0.1) is 0 Å². The molecule has 0 N–H and O–H groups in total. The summed E-state index contributed by atoms with van der Waals surface area (Å²) in [6, 6.07) is 0. The summed E-state index contributed by atoms with van der Waals surface area (Å²) < 4.78 is 0. The fraction of sp³-hybridized carbons (Fsp3) is 1.00. The van der Waals surface area contributed by atoms with Crippen molar-refractivity contribution in [3.8, 4) is 0 Å². The summed E-state index contributed by atoms with van der Waals surface area (Å²) in [6.45, 7) is 5.81. The van der Waals surface area contributed by atoms with E-state index in [4.69, 9.17) is 0 Å². The van der Waals surface area contributed by atoms with Crippen LogP contribution in [0.15, 0.2) is 0 Å². The summed E-state index contributed by atoms with van der Waals surface area (Å²) >= 11 is 0. The fourth-order valence-electron chi connectivity index (χ4n) is 0. The van der Waals surface area contributed by atoms with Crippen molar-refractivity contribution in [1.29, 1.82) is 0 Å². The maximum Gasteiger partial charge on any atom is 3.00 e. The first kappa shape index (κ1) is 23.4. The molecule has 0 aliphatic rings. The predicted octanol–water partition coefficient (Wildman–Crippen LogP) is -0.732. The van der Waals surface area contributed by atoms with Crippen LogP contribution in [0.4, 0.5) is 0 Å². The molecule has 0 aromatic carbocycles. The summed E-state index contributed by atoms with van der Waals surface area (Å²) in [6.07, 6.45) is 2.29. The van der Waals surface area contributed by atoms with Gasteiger partial charge in [0.1, 0.15) is 0 Å². The molecule has 0 fully saturated rings. The molecule has 0 aliphatic heterocycles. The zero-order valence-corrected chi connectivity index (χ0v) is 10.6. The van der Waals surface area contributed by atoms with Crippen molar-refractivity contribution in [3.63, 3.8) is 0 Å². The Balaban J connectivity index is -0.0000000450. The van der Waals surface area contributed by atoms with Gasteiger partial charge in [-0.3, -0.25) is 0 Å². The van der Waals surface area contributed by atoms with Gasteiger partial charge in [-0.15, -0.1) is 19.8 Å². The minimum atomic E-state index is 0. The second-order valence-corrected chi connectivity index (χ2v) is 2.11. The third kappa shape index (κ3) is 112. The van der Waals surface area contributed by atoms with Crippen LogP contribution in [0.2, 0.25) is 0 Å². The zero-order valence-electron chi connectivity index (χ0n) is 8.82. The molecule has 0 spiro atoms. The molecule has 13 heavy (non-hydrogen) atoms. The topological polar surface area (TPSA) is 69.2 Å². The van der Waals surface area contributed by atoms with Crippen molar-refractivity contribution in [1.82, 2.24) is 0 Å². The number of rotatable bonds is 3. The smallest absolute Gasteiger partial charge is 0.854 e. The Hall–Kier alpha value is 0.503. The van der Waals surface area contributed by atoms with Gasteiger partial charge in [0.2, 0.25) is 0 Å². The van der Waals surface area contributed by atoms with E-state index in [1.54, 1.807) is 0 Å².